The zero-order chi connectivity index (χ0) is 18.1. The van der Waals surface area contributed by atoms with E-state index in [0.717, 1.165) is 22.6 Å². The van der Waals surface area contributed by atoms with Gasteiger partial charge in [-0.2, -0.15) is 5.26 Å². The molecule has 3 rings (SSSR count). The maximum Gasteiger partial charge on any atom is 0.266 e. The number of hydrogen-bond donors (Lipinski definition) is 0. The van der Waals surface area contributed by atoms with Crippen molar-refractivity contribution >= 4 is 28.9 Å². The van der Waals surface area contributed by atoms with Gasteiger partial charge in [-0.1, -0.05) is 0 Å². The standard InChI is InChI=1S/C19H18N4OS/c1-12-9-15(10-17-18(24)22(4)19(21-3)25-17)13(2)23(12)16-7-5-14(11-20)6-8-16/h5-10H,1-4H3. The van der Waals surface area contributed by atoms with Gasteiger partial charge in [-0.05, 0) is 67.6 Å². The summed E-state index contributed by atoms with van der Waals surface area (Å²) in [6.07, 6.45) is 1.92. The van der Waals surface area contributed by atoms with E-state index in [-0.39, 0.29) is 5.91 Å². The molecule has 1 saturated heterocycles. The average molecular weight is 350 g/mol. The Morgan fingerprint density at radius 2 is 1.92 bits per heavy atom. The lowest BCUT2D eigenvalue weighted by atomic mass is 10.2. The number of nitrogens with zero attached hydrogens (tertiary/aromatic N) is 4. The Kier molecular flexibility index (Phi) is 4.51. The number of amidine groups is 1. The minimum atomic E-state index is -0.0335. The van der Waals surface area contributed by atoms with E-state index in [4.69, 9.17) is 5.26 Å². The van der Waals surface area contributed by atoms with Gasteiger partial charge in [0.15, 0.2) is 5.17 Å². The van der Waals surface area contributed by atoms with Gasteiger partial charge in [0, 0.05) is 31.2 Å². The van der Waals surface area contributed by atoms with Gasteiger partial charge >= 0.3 is 0 Å². The normalized spacial score (nSPS) is 17.6. The number of rotatable bonds is 2. The van der Waals surface area contributed by atoms with Crippen molar-refractivity contribution in [2.45, 2.75) is 13.8 Å². The summed E-state index contributed by atoms with van der Waals surface area (Å²) in [5.74, 6) is -0.0335. The van der Waals surface area contributed by atoms with E-state index in [1.54, 1.807) is 19.0 Å². The first-order valence-electron chi connectivity index (χ1n) is 7.80. The Morgan fingerprint density at radius 3 is 2.48 bits per heavy atom. The van der Waals surface area contributed by atoms with Crippen LogP contribution in [0.25, 0.3) is 11.8 Å². The Balaban J connectivity index is 2.02. The molecule has 1 amide bonds. The molecule has 126 valence electrons. The highest BCUT2D eigenvalue weighted by Crippen LogP contribution is 2.33. The second-order valence-electron chi connectivity index (χ2n) is 5.80. The van der Waals surface area contributed by atoms with Crippen LogP contribution in [-0.4, -0.2) is 34.6 Å². The van der Waals surface area contributed by atoms with E-state index >= 15 is 0 Å². The lowest BCUT2D eigenvalue weighted by molar-refractivity contribution is -0.121. The highest BCUT2D eigenvalue weighted by atomic mass is 32.2. The molecule has 0 atom stereocenters. The maximum atomic E-state index is 12.3. The van der Waals surface area contributed by atoms with Crippen molar-refractivity contribution in [1.82, 2.24) is 9.47 Å². The van der Waals surface area contributed by atoms with Gasteiger partial charge in [-0.25, -0.2) is 0 Å². The van der Waals surface area contributed by atoms with Crippen LogP contribution in [0.15, 0.2) is 40.2 Å². The molecule has 0 saturated carbocycles. The summed E-state index contributed by atoms with van der Waals surface area (Å²) in [6.45, 7) is 4.06. The fraction of sp³-hybridized carbons (Fsp3) is 0.211. The van der Waals surface area contributed by atoms with Gasteiger partial charge in [-0.3, -0.25) is 14.7 Å². The molecule has 6 heteroatoms. The number of hydrogen-bond acceptors (Lipinski definition) is 4. The molecule has 2 heterocycles. The number of aryl methyl sites for hydroxylation is 1. The van der Waals surface area contributed by atoms with Crippen molar-refractivity contribution < 1.29 is 4.79 Å². The first-order chi connectivity index (χ1) is 12.0. The van der Waals surface area contributed by atoms with Gasteiger partial charge < -0.3 is 4.57 Å². The van der Waals surface area contributed by atoms with Crippen molar-refractivity contribution in [3.05, 3.63) is 57.8 Å². The van der Waals surface area contributed by atoms with Crippen molar-refractivity contribution in [2.75, 3.05) is 14.1 Å². The van der Waals surface area contributed by atoms with E-state index in [1.165, 1.54) is 11.8 Å². The monoisotopic (exact) mass is 350 g/mol. The number of thioether (sulfide) groups is 1. The molecule has 2 aromatic rings. The van der Waals surface area contributed by atoms with Gasteiger partial charge in [0.1, 0.15) is 0 Å². The highest BCUT2D eigenvalue weighted by molar-refractivity contribution is 8.18. The van der Waals surface area contributed by atoms with Crippen molar-refractivity contribution in [2.24, 2.45) is 4.99 Å². The molecule has 1 aromatic heterocycles. The minimum Gasteiger partial charge on any atom is -0.318 e. The van der Waals surface area contributed by atoms with Gasteiger partial charge in [0.25, 0.3) is 5.91 Å². The molecule has 0 spiro atoms. The molecule has 0 unspecified atom stereocenters. The summed E-state index contributed by atoms with van der Waals surface area (Å²) < 4.78 is 2.12. The summed E-state index contributed by atoms with van der Waals surface area (Å²) in [5.41, 5.74) is 4.76. The van der Waals surface area contributed by atoms with Crippen LogP contribution in [0.5, 0.6) is 0 Å². The zero-order valence-electron chi connectivity index (χ0n) is 14.6. The van der Waals surface area contributed by atoms with Crippen LogP contribution in [0.3, 0.4) is 0 Å². The second-order valence-corrected chi connectivity index (χ2v) is 6.81. The van der Waals surface area contributed by atoms with Crippen molar-refractivity contribution in [3.8, 4) is 11.8 Å². The predicted octanol–water partition coefficient (Wildman–Crippen LogP) is 3.50. The smallest absolute Gasteiger partial charge is 0.266 e. The van der Waals surface area contributed by atoms with E-state index in [0.29, 0.717) is 15.6 Å². The van der Waals surface area contributed by atoms with E-state index in [9.17, 15) is 4.79 Å². The topological polar surface area (TPSA) is 61.4 Å². The first kappa shape index (κ1) is 17.1. The largest absolute Gasteiger partial charge is 0.318 e. The third kappa shape index (κ3) is 2.99. The van der Waals surface area contributed by atoms with E-state index in [2.05, 4.69) is 21.7 Å². The average Bonchev–Trinajstić information content (AvgIpc) is 3.05. The molecule has 1 fully saturated rings. The first-order valence-corrected chi connectivity index (χ1v) is 8.61. The van der Waals surface area contributed by atoms with Crippen molar-refractivity contribution in [3.63, 3.8) is 0 Å². The highest BCUT2D eigenvalue weighted by Gasteiger charge is 2.30. The molecule has 0 N–H and O–H groups in total. The molecule has 0 aliphatic carbocycles. The number of amides is 1. The summed E-state index contributed by atoms with van der Waals surface area (Å²) in [4.78, 5) is 18.7. The maximum absolute atomic E-state index is 12.3. The molecule has 5 nitrogen and oxygen atoms in total. The van der Waals surface area contributed by atoms with Crippen LogP contribution < -0.4 is 0 Å². The number of aromatic nitrogens is 1. The Hall–Kier alpha value is -2.78. The number of nitriles is 1. The van der Waals surface area contributed by atoms with E-state index < -0.39 is 0 Å². The summed E-state index contributed by atoms with van der Waals surface area (Å²) in [5, 5.41) is 9.65. The number of carbonyl (C=O) groups is 1. The molecule has 1 aliphatic heterocycles. The molecular weight excluding hydrogens is 332 g/mol. The van der Waals surface area contributed by atoms with Crippen molar-refractivity contribution in [1.29, 1.82) is 5.26 Å². The number of benzene rings is 1. The summed E-state index contributed by atoms with van der Waals surface area (Å²) in [6, 6.07) is 11.7. The summed E-state index contributed by atoms with van der Waals surface area (Å²) in [7, 11) is 3.42. The SMILES string of the molecule is CN=C1SC(=Cc2cc(C)n(-c3ccc(C#N)cc3)c2C)C(=O)N1C. The molecule has 0 bridgehead atoms. The molecule has 1 aromatic carbocycles. The Labute approximate surface area is 151 Å². The molecule has 25 heavy (non-hydrogen) atoms. The molecule has 0 radical (unpaired) electrons. The Bertz CT molecular complexity index is 945. The second kappa shape index (κ2) is 6.61. The summed E-state index contributed by atoms with van der Waals surface area (Å²) >= 11 is 1.39. The van der Waals surface area contributed by atoms with Gasteiger partial charge in [0.05, 0.1) is 16.5 Å². The minimum absolute atomic E-state index is 0.0335. The number of carbonyl (C=O) groups excluding carboxylic acids is 1. The number of likely N-dealkylation sites (N-methyl/N-ethyl adjacent to an activating group) is 1. The van der Waals surface area contributed by atoms with Crippen LogP contribution in [0.1, 0.15) is 22.5 Å². The quantitative estimate of drug-likeness (QED) is 0.779. The van der Waals surface area contributed by atoms with Crippen LogP contribution >= 0.6 is 11.8 Å². The predicted molar refractivity (Wildman–Crippen MR) is 102 cm³/mol. The van der Waals surface area contributed by atoms with Crippen LogP contribution in [0.4, 0.5) is 0 Å². The fourth-order valence-electron chi connectivity index (χ4n) is 2.91. The molecule has 1 aliphatic rings. The van der Waals surface area contributed by atoms with Gasteiger partial charge in [0.2, 0.25) is 0 Å². The van der Waals surface area contributed by atoms with Crippen LogP contribution in [0.2, 0.25) is 0 Å². The zero-order valence-corrected chi connectivity index (χ0v) is 15.4. The number of aliphatic imine (C=N–C) groups is 1. The Morgan fingerprint density at radius 1 is 1.24 bits per heavy atom. The third-order valence-electron chi connectivity index (χ3n) is 4.21. The lowest BCUT2D eigenvalue weighted by Gasteiger charge is -2.09. The van der Waals surface area contributed by atoms with Gasteiger partial charge in [-0.15, -0.1) is 0 Å². The van der Waals surface area contributed by atoms with Crippen LogP contribution in [-0.2, 0) is 4.79 Å². The van der Waals surface area contributed by atoms with Crippen LogP contribution in [0, 0.1) is 25.2 Å². The fourth-order valence-corrected chi connectivity index (χ4v) is 3.82. The van der Waals surface area contributed by atoms with E-state index in [1.807, 2.05) is 44.2 Å². The molecular formula is C19H18N4OS. The lowest BCUT2D eigenvalue weighted by Crippen LogP contribution is -2.23. The third-order valence-corrected chi connectivity index (χ3v) is 5.36.